The summed E-state index contributed by atoms with van der Waals surface area (Å²) in [7, 11) is 0. The summed E-state index contributed by atoms with van der Waals surface area (Å²) in [6, 6.07) is 18.5. The molecule has 6 nitrogen and oxygen atoms in total. The van der Waals surface area contributed by atoms with Gasteiger partial charge < -0.3 is 14.4 Å². The first kappa shape index (κ1) is 21.8. The van der Waals surface area contributed by atoms with Crippen LogP contribution >= 0.6 is 0 Å². The zero-order valence-corrected chi connectivity index (χ0v) is 17.6. The molecule has 0 saturated carbocycles. The number of hydrogen-bond acceptors (Lipinski definition) is 5. The summed E-state index contributed by atoms with van der Waals surface area (Å²) < 4.78 is 44.7. The maximum Gasteiger partial charge on any atom is 0.314 e. The van der Waals surface area contributed by atoms with Gasteiger partial charge in [0.25, 0.3) is 11.8 Å². The van der Waals surface area contributed by atoms with Gasteiger partial charge in [-0.25, -0.2) is 4.39 Å². The zero-order valence-electron chi connectivity index (χ0n) is 17.6. The predicted molar refractivity (Wildman–Crippen MR) is 115 cm³/mol. The fraction of sp³-hybridized carbons (Fsp3) is 0.160. The molecule has 0 spiro atoms. The lowest BCUT2D eigenvalue weighted by Gasteiger charge is -2.32. The number of carbonyl (C=O) groups excluding carboxylic acids is 1. The fourth-order valence-electron chi connectivity index (χ4n) is 4.18. The van der Waals surface area contributed by atoms with Crippen molar-refractivity contribution >= 4 is 5.91 Å². The largest absolute Gasteiger partial charge is 0.415 e. The molecule has 2 atom stereocenters. The number of hydrogen-bond donors (Lipinski definition) is 1. The highest BCUT2D eigenvalue weighted by Crippen LogP contribution is 2.40. The third-order valence-electron chi connectivity index (χ3n) is 5.78. The molecule has 0 bridgehead atoms. The molecule has 5 rings (SSSR count). The van der Waals surface area contributed by atoms with E-state index in [9.17, 15) is 23.1 Å². The molecule has 3 aromatic carbocycles. The minimum Gasteiger partial charge on any atom is -0.415 e. The lowest BCUT2D eigenvalue weighted by Crippen LogP contribution is -2.33. The van der Waals surface area contributed by atoms with Crippen molar-refractivity contribution in [1.82, 2.24) is 15.1 Å². The number of halogens is 3. The highest BCUT2D eigenvalue weighted by molar-refractivity contribution is 5.99. The van der Waals surface area contributed by atoms with Crippen LogP contribution in [0.4, 0.5) is 13.2 Å². The summed E-state index contributed by atoms with van der Waals surface area (Å²) in [5.74, 6) is -1.81. The van der Waals surface area contributed by atoms with Crippen LogP contribution in [0.1, 0.15) is 51.5 Å². The average molecular weight is 465 g/mol. The first-order valence-corrected chi connectivity index (χ1v) is 10.5. The number of aliphatic hydroxyl groups excluding tert-OH is 1. The lowest BCUT2D eigenvalue weighted by atomic mass is 9.94. The van der Waals surface area contributed by atoms with Crippen molar-refractivity contribution in [3.8, 4) is 11.5 Å². The van der Waals surface area contributed by atoms with Crippen molar-refractivity contribution in [3.63, 3.8) is 0 Å². The van der Waals surface area contributed by atoms with E-state index in [4.69, 9.17) is 4.42 Å². The predicted octanol–water partition coefficient (Wildman–Crippen LogP) is 5.24. The van der Waals surface area contributed by atoms with E-state index in [-0.39, 0.29) is 12.4 Å². The maximum atomic E-state index is 14.1. The van der Waals surface area contributed by atoms with Gasteiger partial charge in [0, 0.05) is 17.7 Å². The molecule has 1 aliphatic rings. The molecule has 4 aromatic rings. The van der Waals surface area contributed by atoms with Crippen LogP contribution in [-0.2, 0) is 6.54 Å². The fourth-order valence-corrected chi connectivity index (χ4v) is 4.18. The number of rotatable bonds is 6. The highest BCUT2D eigenvalue weighted by Gasteiger charge is 2.38. The van der Waals surface area contributed by atoms with Crippen LogP contribution in [0, 0.1) is 5.82 Å². The molecule has 172 valence electrons. The maximum absolute atomic E-state index is 14.1. The van der Waals surface area contributed by atoms with E-state index < -0.39 is 36.2 Å². The van der Waals surface area contributed by atoms with Crippen molar-refractivity contribution in [2.45, 2.75) is 25.1 Å². The van der Waals surface area contributed by atoms with Crippen LogP contribution in [-0.4, -0.2) is 26.1 Å². The van der Waals surface area contributed by atoms with Gasteiger partial charge in [0.05, 0.1) is 6.04 Å². The SMILES string of the molecule is O=C1c2cc(-c3nnc(C(F)F)o3)ccc2CN1[C@H](c1cccc(F)c1)[C@@H](O)c1ccccc1. The van der Waals surface area contributed by atoms with E-state index >= 15 is 0 Å². The molecular weight excluding hydrogens is 447 g/mol. The Hall–Kier alpha value is -3.98. The smallest absolute Gasteiger partial charge is 0.314 e. The minimum atomic E-state index is -2.90. The Morgan fingerprint density at radius 1 is 0.941 bits per heavy atom. The molecule has 1 aromatic heterocycles. The van der Waals surface area contributed by atoms with Crippen molar-refractivity contribution in [1.29, 1.82) is 0 Å². The van der Waals surface area contributed by atoms with Crippen LogP contribution < -0.4 is 0 Å². The van der Waals surface area contributed by atoms with Crippen LogP contribution in [0.25, 0.3) is 11.5 Å². The second-order valence-electron chi connectivity index (χ2n) is 7.91. The zero-order chi connectivity index (χ0) is 23.8. The van der Waals surface area contributed by atoms with E-state index in [1.807, 2.05) is 6.07 Å². The quantitative estimate of drug-likeness (QED) is 0.421. The van der Waals surface area contributed by atoms with E-state index in [1.54, 1.807) is 42.5 Å². The second kappa shape index (κ2) is 8.75. The molecule has 0 aliphatic carbocycles. The number of aromatic nitrogens is 2. The number of carbonyl (C=O) groups is 1. The summed E-state index contributed by atoms with van der Waals surface area (Å²) in [5, 5.41) is 18.2. The Morgan fingerprint density at radius 2 is 1.71 bits per heavy atom. The first-order chi connectivity index (χ1) is 16.4. The van der Waals surface area contributed by atoms with Gasteiger partial charge >= 0.3 is 6.43 Å². The molecule has 0 fully saturated rings. The first-order valence-electron chi connectivity index (χ1n) is 10.5. The third-order valence-corrected chi connectivity index (χ3v) is 5.78. The van der Waals surface area contributed by atoms with E-state index in [1.165, 1.54) is 29.2 Å². The topological polar surface area (TPSA) is 79.5 Å². The van der Waals surface area contributed by atoms with Gasteiger partial charge in [-0.1, -0.05) is 48.5 Å². The van der Waals surface area contributed by atoms with Gasteiger partial charge in [-0.3, -0.25) is 4.79 Å². The van der Waals surface area contributed by atoms with Crippen LogP contribution in [0.2, 0.25) is 0 Å². The molecule has 34 heavy (non-hydrogen) atoms. The molecule has 0 radical (unpaired) electrons. The Bertz CT molecular complexity index is 1340. The second-order valence-corrected chi connectivity index (χ2v) is 7.91. The lowest BCUT2D eigenvalue weighted by molar-refractivity contribution is 0.0359. The molecule has 1 aliphatic heterocycles. The number of nitrogens with zero attached hydrogens (tertiary/aromatic N) is 3. The molecule has 1 N–H and O–H groups in total. The average Bonchev–Trinajstić information content (AvgIpc) is 3.46. The molecule has 0 saturated heterocycles. The van der Waals surface area contributed by atoms with Crippen LogP contribution in [0.5, 0.6) is 0 Å². The minimum absolute atomic E-state index is 0.129. The van der Waals surface area contributed by atoms with E-state index in [2.05, 4.69) is 10.2 Å². The van der Waals surface area contributed by atoms with E-state index in [0.29, 0.717) is 27.8 Å². The van der Waals surface area contributed by atoms with E-state index in [0.717, 1.165) is 0 Å². The summed E-state index contributed by atoms with van der Waals surface area (Å²) >= 11 is 0. The van der Waals surface area contributed by atoms with Crippen LogP contribution in [0.3, 0.4) is 0 Å². The van der Waals surface area contributed by atoms with Crippen molar-refractivity contribution in [3.05, 3.63) is 107 Å². The Morgan fingerprint density at radius 3 is 2.41 bits per heavy atom. The molecule has 0 unspecified atom stereocenters. The number of aliphatic hydroxyl groups is 1. The monoisotopic (exact) mass is 465 g/mol. The molecular formula is C25H18F3N3O3. The normalized spacial score (nSPS) is 15.0. The molecule has 1 amide bonds. The summed E-state index contributed by atoms with van der Waals surface area (Å²) in [6.45, 7) is 0.172. The number of amides is 1. The molecule has 2 heterocycles. The van der Waals surface area contributed by atoms with Gasteiger partial charge in [-0.05, 0) is 41.0 Å². The van der Waals surface area contributed by atoms with Crippen molar-refractivity contribution in [2.24, 2.45) is 0 Å². The third kappa shape index (κ3) is 3.94. The number of fused-ring (bicyclic) bond motifs is 1. The summed E-state index contributed by atoms with van der Waals surface area (Å²) in [5.41, 5.74) is 2.32. The standard InChI is InChI=1S/C25H18F3N3O3/c26-18-8-4-7-15(11-18)20(21(32)14-5-2-1-3-6-14)31-13-17-10-9-16(12-19(17)25(31)33)23-29-30-24(34-23)22(27)28/h1-12,20-22,32H,13H2/t20-,21+/m1/s1. The Balaban J connectivity index is 1.52. The van der Waals surface area contributed by atoms with Crippen LogP contribution in [0.15, 0.2) is 77.2 Å². The van der Waals surface area contributed by atoms with Gasteiger partial charge in [-0.2, -0.15) is 8.78 Å². The van der Waals surface area contributed by atoms with Crippen molar-refractivity contribution in [2.75, 3.05) is 0 Å². The van der Waals surface area contributed by atoms with Gasteiger partial charge in [-0.15, -0.1) is 10.2 Å². The van der Waals surface area contributed by atoms with Gasteiger partial charge in [0.1, 0.15) is 11.9 Å². The van der Waals surface area contributed by atoms with Gasteiger partial charge in [0.15, 0.2) is 0 Å². The summed E-state index contributed by atoms with van der Waals surface area (Å²) in [4.78, 5) is 14.9. The van der Waals surface area contributed by atoms with Crippen molar-refractivity contribution < 1.29 is 27.5 Å². The Labute approximate surface area is 192 Å². The molecule has 9 heteroatoms. The number of alkyl halides is 2. The number of benzene rings is 3. The summed E-state index contributed by atoms with van der Waals surface area (Å²) in [6.07, 6.45) is -4.02. The van der Waals surface area contributed by atoms with Gasteiger partial charge in [0.2, 0.25) is 5.89 Å². The highest BCUT2D eigenvalue weighted by atomic mass is 19.3. The Kier molecular flexibility index (Phi) is 5.62.